The van der Waals surface area contributed by atoms with E-state index in [1.807, 2.05) is 24.4 Å². The van der Waals surface area contributed by atoms with Gasteiger partial charge in [0.2, 0.25) is 0 Å². The molecule has 0 aliphatic carbocycles. The molecule has 5 nitrogen and oxygen atoms in total. The number of pyridine rings is 1. The lowest BCUT2D eigenvalue weighted by molar-refractivity contribution is 0.250. The maximum absolute atomic E-state index is 5.00. The summed E-state index contributed by atoms with van der Waals surface area (Å²) in [5.41, 5.74) is 3.31. The minimum absolute atomic E-state index is 0.731. The van der Waals surface area contributed by atoms with Crippen LogP contribution in [-0.4, -0.2) is 46.0 Å². The molecule has 33 heavy (non-hydrogen) atoms. The standard InChI is InChI=1S/C28H25N5/c1-2-11-24-21(7-1)8-5-9-23(24)20-32-15-17-33(18-16-32)28-25-12-3-4-13-26(25)30-27(31-28)22-10-6-14-29-19-22/h1-14,19H,15-18,20H2. The molecule has 0 radical (unpaired) electrons. The minimum Gasteiger partial charge on any atom is -0.353 e. The van der Waals surface area contributed by atoms with E-state index in [1.165, 1.54) is 16.3 Å². The minimum atomic E-state index is 0.731. The Labute approximate surface area is 193 Å². The fraction of sp³-hybridized carbons (Fsp3) is 0.179. The largest absolute Gasteiger partial charge is 0.353 e. The molecule has 1 saturated heterocycles. The van der Waals surface area contributed by atoms with Gasteiger partial charge >= 0.3 is 0 Å². The molecule has 1 aliphatic heterocycles. The molecule has 3 heterocycles. The average molecular weight is 432 g/mol. The number of benzene rings is 3. The van der Waals surface area contributed by atoms with Gasteiger partial charge in [-0.2, -0.15) is 0 Å². The van der Waals surface area contributed by atoms with Gasteiger partial charge in [-0.15, -0.1) is 0 Å². The van der Waals surface area contributed by atoms with Crippen LogP contribution in [0.1, 0.15) is 5.56 Å². The summed E-state index contributed by atoms with van der Waals surface area (Å²) in [6.45, 7) is 4.87. The number of anilines is 1. The van der Waals surface area contributed by atoms with Gasteiger partial charge in [-0.3, -0.25) is 9.88 Å². The number of hydrogen-bond acceptors (Lipinski definition) is 5. The van der Waals surface area contributed by atoms with Gasteiger partial charge < -0.3 is 4.90 Å². The van der Waals surface area contributed by atoms with Gasteiger partial charge in [-0.1, -0.05) is 54.6 Å². The van der Waals surface area contributed by atoms with Crippen molar-refractivity contribution in [1.29, 1.82) is 0 Å². The lowest BCUT2D eigenvalue weighted by Gasteiger charge is -2.36. The van der Waals surface area contributed by atoms with E-state index < -0.39 is 0 Å². The van der Waals surface area contributed by atoms with Crippen LogP contribution in [0.2, 0.25) is 0 Å². The average Bonchev–Trinajstić information content (AvgIpc) is 2.89. The predicted octanol–water partition coefficient (Wildman–Crippen LogP) is 5.17. The second kappa shape index (κ2) is 8.60. The van der Waals surface area contributed by atoms with E-state index in [4.69, 9.17) is 9.97 Å². The maximum atomic E-state index is 5.00. The Kier molecular flexibility index (Phi) is 5.17. The van der Waals surface area contributed by atoms with Crippen molar-refractivity contribution < 1.29 is 0 Å². The van der Waals surface area contributed by atoms with Crippen LogP contribution in [0.15, 0.2) is 91.3 Å². The summed E-state index contributed by atoms with van der Waals surface area (Å²) in [6.07, 6.45) is 3.61. The van der Waals surface area contributed by atoms with Crippen molar-refractivity contribution in [2.45, 2.75) is 6.54 Å². The fourth-order valence-corrected chi connectivity index (χ4v) is 4.71. The lowest BCUT2D eigenvalue weighted by atomic mass is 10.0. The first kappa shape index (κ1) is 19.8. The van der Waals surface area contributed by atoms with Crippen molar-refractivity contribution >= 4 is 27.5 Å². The Morgan fingerprint density at radius 3 is 2.33 bits per heavy atom. The zero-order valence-corrected chi connectivity index (χ0v) is 18.4. The number of piperazine rings is 1. The summed E-state index contributed by atoms with van der Waals surface area (Å²) >= 11 is 0. The van der Waals surface area contributed by atoms with E-state index in [0.29, 0.717) is 0 Å². The van der Waals surface area contributed by atoms with Crippen molar-refractivity contribution in [1.82, 2.24) is 19.9 Å². The first-order valence-corrected chi connectivity index (χ1v) is 11.5. The van der Waals surface area contributed by atoms with Gasteiger partial charge in [0.15, 0.2) is 5.82 Å². The molecule has 2 aromatic heterocycles. The van der Waals surface area contributed by atoms with Gasteiger partial charge in [-0.25, -0.2) is 9.97 Å². The molecule has 0 spiro atoms. The summed E-state index contributed by atoms with van der Waals surface area (Å²) in [7, 11) is 0. The number of aromatic nitrogens is 3. The lowest BCUT2D eigenvalue weighted by Crippen LogP contribution is -2.46. The second-order valence-corrected chi connectivity index (χ2v) is 8.53. The third-order valence-electron chi connectivity index (χ3n) is 6.45. The third-order valence-corrected chi connectivity index (χ3v) is 6.45. The first-order chi connectivity index (χ1) is 16.3. The molecular formula is C28H25N5. The first-order valence-electron chi connectivity index (χ1n) is 11.5. The number of hydrogen-bond donors (Lipinski definition) is 0. The molecule has 3 aromatic carbocycles. The molecule has 0 bridgehead atoms. The van der Waals surface area contributed by atoms with Crippen LogP contribution in [0.5, 0.6) is 0 Å². The van der Waals surface area contributed by atoms with Crippen LogP contribution < -0.4 is 4.90 Å². The fourth-order valence-electron chi connectivity index (χ4n) is 4.71. The van der Waals surface area contributed by atoms with Crippen LogP contribution in [0.3, 0.4) is 0 Å². The number of para-hydroxylation sites is 1. The molecule has 5 heteroatoms. The summed E-state index contributed by atoms with van der Waals surface area (Å²) in [5, 5.41) is 3.77. The molecule has 0 amide bonds. The zero-order valence-electron chi connectivity index (χ0n) is 18.4. The van der Waals surface area contributed by atoms with E-state index in [2.05, 4.69) is 75.4 Å². The molecule has 0 unspecified atom stereocenters. The number of rotatable bonds is 4. The van der Waals surface area contributed by atoms with Crippen LogP contribution in [-0.2, 0) is 6.54 Å². The van der Waals surface area contributed by atoms with Gasteiger partial charge in [-0.05, 0) is 40.6 Å². The maximum Gasteiger partial charge on any atom is 0.163 e. The van der Waals surface area contributed by atoms with E-state index >= 15 is 0 Å². The van der Waals surface area contributed by atoms with Gasteiger partial charge in [0.1, 0.15) is 5.82 Å². The smallest absolute Gasteiger partial charge is 0.163 e. The van der Waals surface area contributed by atoms with Crippen molar-refractivity contribution in [3.05, 3.63) is 96.8 Å². The van der Waals surface area contributed by atoms with Crippen LogP contribution >= 0.6 is 0 Å². The van der Waals surface area contributed by atoms with Gasteiger partial charge in [0, 0.05) is 56.1 Å². The normalized spacial score (nSPS) is 14.7. The number of nitrogens with zero attached hydrogens (tertiary/aromatic N) is 5. The van der Waals surface area contributed by atoms with Gasteiger partial charge in [0.25, 0.3) is 0 Å². The topological polar surface area (TPSA) is 45.2 Å². The summed E-state index contributed by atoms with van der Waals surface area (Å²) in [5.74, 6) is 1.75. The molecule has 0 N–H and O–H groups in total. The van der Waals surface area contributed by atoms with Crippen LogP contribution in [0, 0.1) is 0 Å². The summed E-state index contributed by atoms with van der Waals surface area (Å²) in [4.78, 5) is 19.0. The van der Waals surface area contributed by atoms with Crippen molar-refractivity contribution in [3.63, 3.8) is 0 Å². The molecule has 1 fully saturated rings. The predicted molar refractivity (Wildman–Crippen MR) is 134 cm³/mol. The Balaban J connectivity index is 1.26. The van der Waals surface area contributed by atoms with Crippen LogP contribution in [0.25, 0.3) is 33.1 Å². The third kappa shape index (κ3) is 3.92. The monoisotopic (exact) mass is 431 g/mol. The molecule has 1 aliphatic rings. The molecule has 0 atom stereocenters. The van der Waals surface area contributed by atoms with E-state index in [-0.39, 0.29) is 0 Å². The van der Waals surface area contributed by atoms with E-state index in [9.17, 15) is 0 Å². The SMILES string of the molecule is c1cncc(-c2nc(N3CCN(Cc4cccc5ccccc45)CC3)c3ccccc3n2)c1. The highest BCUT2D eigenvalue weighted by Crippen LogP contribution is 2.28. The van der Waals surface area contributed by atoms with E-state index in [1.54, 1.807) is 6.20 Å². The zero-order chi connectivity index (χ0) is 22.0. The molecule has 6 rings (SSSR count). The summed E-state index contributed by atoms with van der Waals surface area (Å²) in [6, 6.07) is 27.5. The van der Waals surface area contributed by atoms with Gasteiger partial charge in [0.05, 0.1) is 5.52 Å². The Morgan fingerprint density at radius 2 is 1.48 bits per heavy atom. The van der Waals surface area contributed by atoms with Crippen molar-refractivity contribution in [2.75, 3.05) is 31.1 Å². The Morgan fingerprint density at radius 1 is 0.697 bits per heavy atom. The molecule has 0 saturated carbocycles. The Hall–Kier alpha value is -3.83. The van der Waals surface area contributed by atoms with Crippen molar-refractivity contribution in [2.24, 2.45) is 0 Å². The second-order valence-electron chi connectivity index (χ2n) is 8.53. The highest BCUT2D eigenvalue weighted by Gasteiger charge is 2.21. The highest BCUT2D eigenvalue weighted by atomic mass is 15.3. The summed E-state index contributed by atoms with van der Waals surface area (Å²) < 4.78 is 0. The molecular weight excluding hydrogens is 406 g/mol. The van der Waals surface area contributed by atoms with E-state index in [0.717, 1.165) is 60.8 Å². The quantitative estimate of drug-likeness (QED) is 0.393. The molecule has 5 aromatic rings. The molecule has 162 valence electrons. The Bertz CT molecular complexity index is 1400. The number of fused-ring (bicyclic) bond motifs is 2. The van der Waals surface area contributed by atoms with Crippen LogP contribution in [0.4, 0.5) is 5.82 Å². The highest BCUT2D eigenvalue weighted by molar-refractivity contribution is 5.91. The van der Waals surface area contributed by atoms with Crippen molar-refractivity contribution in [3.8, 4) is 11.4 Å².